The fourth-order valence-electron chi connectivity index (χ4n) is 4.42. The van der Waals surface area contributed by atoms with Crippen molar-refractivity contribution in [2.45, 2.75) is 58.4 Å². The molecule has 1 amide bonds. The number of pyridine rings is 1. The number of aryl methyl sites for hydroxylation is 1. The molecule has 37 heavy (non-hydrogen) atoms. The minimum Gasteiger partial charge on any atom is -0.496 e. The van der Waals surface area contributed by atoms with E-state index < -0.39 is 17.3 Å². The van der Waals surface area contributed by atoms with Gasteiger partial charge in [0, 0.05) is 25.7 Å². The average Bonchev–Trinajstić information content (AvgIpc) is 3.25. The Bertz CT molecular complexity index is 1300. The van der Waals surface area contributed by atoms with Crippen LogP contribution in [0.4, 0.5) is 24.0 Å². The van der Waals surface area contributed by atoms with Crippen LogP contribution in [0.3, 0.4) is 0 Å². The first kappa shape index (κ1) is 26.6. The van der Waals surface area contributed by atoms with Gasteiger partial charge in [-0.15, -0.1) is 0 Å². The number of benzene rings is 1. The Morgan fingerprint density at radius 2 is 1.92 bits per heavy atom. The average molecular weight is 521 g/mol. The molecule has 0 spiro atoms. The highest BCUT2D eigenvalue weighted by Crippen LogP contribution is 2.39. The van der Waals surface area contributed by atoms with E-state index in [0.717, 1.165) is 25.0 Å². The van der Waals surface area contributed by atoms with Crippen molar-refractivity contribution in [3.8, 4) is 17.0 Å². The van der Waals surface area contributed by atoms with E-state index in [1.807, 2.05) is 25.7 Å². The van der Waals surface area contributed by atoms with Gasteiger partial charge in [-0.25, -0.2) is 9.78 Å². The highest BCUT2D eigenvalue weighted by molar-refractivity contribution is 5.79. The van der Waals surface area contributed by atoms with E-state index in [4.69, 9.17) is 13.9 Å². The van der Waals surface area contributed by atoms with Crippen molar-refractivity contribution in [2.24, 2.45) is 0 Å². The smallest absolute Gasteiger partial charge is 0.416 e. The molecule has 1 unspecified atom stereocenters. The van der Waals surface area contributed by atoms with Gasteiger partial charge in [0.25, 0.3) is 6.01 Å². The molecular weight excluding hydrogens is 489 g/mol. The number of rotatable bonds is 4. The Balaban J connectivity index is 1.60. The molecule has 0 aliphatic carbocycles. The van der Waals surface area contributed by atoms with E-state index in [-0.39, 0.29) is 17.9 Å². The van der Waals surface area contributed by atoms with Crippen LogP contribution in [0.15, 0.2) is 28.7 Å². The number of ether oxygens (including phenoxy) is 2. The second kappa shape index (κ2) is 9.75. The molecule has 3 aromatic rings. The van der Waals surface area contributed by atoms with Gasteiger partial charge in [0.15, 0.2) is 5.58 Å². The van der Waals surface area contributed by atoms with Crippen LogP contribution < -0.4 is 9.64 Å². The highest BCUT2D eigenvalue weighted by Gasteiger charge is 2.33. The Morgan fingerprint density at radius 3 is 2.57 bits per heavy atom. The maximum absolute atomic E-state index is 13.3. The second-order valence-electron chi connectivity index (χ2n) is 10.2. The summed E-state index contributed by atoms with van der Waals surface area (Å²) < 4.78 is 56.6. The Morgan fingerprint density at radius 1 is 1.19 bits per heavy atom. The lowest BCUT2D eigenvalue weighted by Crippen LogP contribution is -2.49. The van der Waals surface area contributed by atoms with E-state index in [0.29, 0.717) is 47.2 Å². The van der Waals surface area contributed by atoms with Crippen LogP contribution in [0.1, 0.15) is 44.7 Å². The molecule has 1 saturated heterocycles. The Kier molecular flexibility index (Phi) is 7.00. The first-order valence-electron chi connectivity index (χ1n) is 12.0. The monoisotopic (exact) mass is 520 g/mol. The molecule has 11 heteroatoms. The van der Waals surface area contributed by atoms with Gasteiger partial charge in [-0.1, -0.05) is 0 Å². The van der Waals surface area contributed by atoms with Crippen molar-refractivity contribution in [2.75, 3.05) is 32.1 Å². The molecule has 2 aromatic heterocycles. The molecule has 4 rings (SSSR count). The van der Waals surface area contributed by atoms with Crippen LogP contribution in [0.25, 0.3) is 22.5 Å². The number of halogens is 3. The fraction of sp³-hybridized carbons (Fsp3) is 0.500. The van der Waals surface area contributed by atoms with Gasteiger partial charge in [0.05, 0.1) is 24.4 Å². The van der Waals surface area contributed by atoms with E-state index in [9.17, 15) is 18.0 Å². The number of aromatic nitrogens is 2. The summed E-state index contributed by atoms with van der Waals surface area (Å²) in [6, 6.07) is 5.70. The van der Waals surface area contributed by atoms with Crippen molar-refractivity contribution in [3.05, 3.63) is 35.4 Å². The molecular formula is C26H31F3N4O4. The number of oxazole rings is 1. The molecule has 8 nitrogen and oxygen atoms in total. The van der Waals surface area contributed by atoms with Gasteiger partial charge in [-0.3, -0.25) is 0 Å². The largest absolute Gasteiger partial charge is 0.496 e. The first-order valence-corrected chi connectivity index (χ1v) is 12.0. The number of hydrogen-bond acceptors (Lipinski definition) is 7. The minimum atomic E-state index is -4.49. The number of carbonyl (C=O) groups is 1. The third-order valence-electron chi connectivity index (χ3n) is 6.24. The zero-order valence-corrected chi connectivity index (χ0v) is 21.8. The van der Waals surface area contributed by atoms with Gasteiger partial charge in [0.1, 0.15) is 11.4 Å². The zero-order chi connectivity index (χ0) is 27.1. The SMILES string of the molecule is COc1cc(C(F)(F)F)cc(C)c1-c1ccc2oc(N3CCCC(N(C)C(=O)OC(C)(C)C)C3)nc2n1. The quantitative estimate of drug-likeness (QED) is 0.414. The highest BCUT2D eigenvalue weighted by atomic mass is 19.4. The molecule has 0 saturated carbocycles. The number of nitrogens with zero attached hydrogens (tertiary/aromatic N) is 4. The Labute approximate surface area is 213 Å². The van der Waals surface area contributed by atoms with Gasteiger partial charge >= 0.3 is 12.3 Å². The summed E-state index contributed by atoms with van der Waals surface area (Å²) in [4.78, 5) is 25.2. The third-order valence-corrected chi connectivity index (χ3v) is 6.24. The number of hydrogen-bond donors (Lipinski definition) is 0. The maximum Gasteiger partial charge on any atom is 0.416 e. The van der Waals surface area contributed by atoms with Crippen LogP contribution in [0.5, 0.6) is 5.75 Å². The van der Waals surface area contributed by atoms with Crippen molar-refractivity contribution in [1.82, 2.24) is 14.9 Å². The molecule has 1 aliphatic heterocycles. The number of amides is 1. The lowest BCUT2D eigenvalue weighted by atomic mass is 10.00. The summed E-state index contributed by atoms with van der Waals surface area (Å²) in [7, 11) is 3.05. The van der Waals surface area contributed by atoms with Gasteiger partial charge in [-0.05, 0) is 70.4 Å². The number of carbonyl (C=O) groups excluding carboxylic acids is 1. The normalized spacial score (nSPS) is 16.7. The first-order chi connectivity index (χ1) is 17.3. The predicted molar refractivity (Wildman–Crippen MR) is 133 cm³/mol. The van der Waals surface area contributed by atoms with Gasteiger partial charge < -0.3 is 23.7 Å². The maximum atomic E-state index is 13.3. The number of anilines is 1. The van der Waals surface area contributed by atoms with Crippen molar-refractivity contribution >= 4 is 23.3 Å². The molecule has 0 bridgehead atoms. The van der Waals surface area contributed by atoms with Crippen LogP contribution in [0.2, 0.25) is 0 Å². The summed E-state index contributed by atoms with van der Waals surface area (Å²) in [5.74, 6) is 0.0759. The lowest BCUT2D eigenvalue weighted by Gasteiger charge is -2.37. The molecule has 1 fully saturated rings. The molecule has 0 N–H and O–H groups in total. The molecule has 1 atom stereocenters. The summed E-state index contributed by atoms with van der Waals surface area (Å²) in [6.07, 6.45) is -3.22. The standard InChI is InChI=1S/C26H31F3N4O4/c1-15-12-16(26(27,28)29)13-20(35-6)21(15)18-9-10-19-22(30-18)31-23(36-19)33-11-7-8-17(14-33)32(5)24(34)37-25(2,3)4/h9-10,12-13,17H,7-8,11,14H2,1-6H3. The van der Waals surface area contributed by atoms with E-state index in [1.165, 1.54) is 7.11 Å². The molecule has 1 aromatic carbocycles. The zero-order valence-electron chi connectivity index (χ0n) is 21.8. The molecule has 3 heterocycles. The molecule has 0 radical (unpaired) electrons. The van der Waals surface area contributed by atoms with Crippen molar-refractivity contribution < 1.29 is 31.9 Å². The third kappa shape index (κ3) is 5.75. The van der Waals surface area contributed by atoms with E-state index in [2.05, 4.69) is 9.97 Å². The van der Waals surface area contributed by atoms with Crippen LogP contribution >= 0.6 is 0 Å². The molecule has 1 aliphatic rings. The summed E-state index contributed by atoms with van der Waals surface area (Å²) in [5, 5.41) is 0. The number of alkyl halides is 3. The molecule has 200 valence electrons. The van der Waals surface area contributed by atoms with Crippen molar-refractivity contribution in [1.29, 1.82) is 0 Å². The fourth-order valence-corrected chi connectivity index (χ4v) is 4.42. The van der Waals surface area contributed by atoms with Crippen LogP contribution in [-0.4, -0.2) is 59.9 Å². The topological polar surface area (TPSA) is 80.9 Å². The summed E-state index contributed by atoms with van der Waals surface area (Å²) in [6.45, 7) is 8.28. The second-order valence-corrected chi connectivity index (χ2v) is 10.2. The number of likely N-dealkylation sites (N-methyl/N-ethyl adjacent to an activating group) is 1. The summed E-state index contributed by atoms with van der Waals surface area (Å²) in [5.41, 5.74) is 0.673. The van der Waals surface area contributed by atoms with Gasteiger partial charge in [0.2, 0.25) is 5.65 Å². The minimum absolute atomic E-state index is 0.0759. The van der Waals surface area contributed by atoms with Crippen molar-refractivity contribution in [3.63, 3.8) is 0 Å². The summed E-state index contributed by atoms with van der Waals surface area (Å²) >= 11 is 0. The lowest BCUT2D eigenvalue weighted by molar-refractivity contribution is -0.137. The number of piperidine rings is 1. The van der Waals surface area contributed by atoms with E-state index in [1.54, 1.807) is 31.0 Å². The van der Waals surface area contributed by atoms with Crippen LogP contribution in [0, 0.1) is 6.92 Å². The number of fused-ring (bicyclic) bond motifs is 1. The predicted octanol–water partition coefficient (Wildman–Crippen LogP) is 6.06. The number of methoxy groups -OCH3 is 1. The Hall–Kier alpha value is -3.50. The van der Waals surface area contributed by atoms with Gasteiger partial charge in [-0.2, -0.15) is 18.2 Å². The van der Waals surface area contributed by atoms with E-state index >= 15 is 0 Å². The van der Waals surface area contributed by atoms with Crippen LogP contribution in [-0.2, 0) is 10.9 Å².